The molecule has 0 saturated heterocycles. The molecular weight excluding hydrogens is 148 g/mol. The van der Waals surface area contributed by atoms with E-state index in [4.69, 9.17) is 0 Å². The molecule has 2 aromatic carbocycles. The second-order valence-corrected chi connectivity index (χ2v) is 2.66. The van der Waals surface area contributed by atoms with Crippen molar-refractivity contribution >= 4 is 10.8 Å². The van der Waals surface area contributed by atoms with Crippen LogP contribution in [0.5, 0.6) is 5.75 Å². The van der Waals surface area contributed by atoms with Gasteiger partial charge in [-0.25, -0.2) is 0 Å². The fourth-order valence-electron chi connectivity index (χ4n) is 1.35. The summed E-state index contributed by atoms with van der Waals surface area (Å²) >= 11 is 0. The summed E-state index contributed by atoms with van der Waals surface area (Å²) in [5.41, 5.74) is 0. The van der Waals surface area contributed by atoms with Crippen molar-refractivity contribution < 1.29 is 4.74 Å². The van der Waals surface area contributed by atoms with Crippen LogP contribution in [0.3, 0.4) is 0 Å². The van der Waals surface area contributed by atoms with Gasteiger partial charge in [0.25, 0.3) is 0 Å². The lowest BCUT2D eigenvalue weighted by molar-refractivity contribution is 0.190. The largest absolute Gasteiger partial charge is 0.721 e. The lowest BCUT2D eigenvalue weighted by Gasteiger charge is -2.05. The van der Waals surface area contributed by atoms with Crippen LogP contribution >= 0.6 is 0 Å². The lowest BCUT2D eigenvalue weighted by atomic mass is 10.1. The van der Waals surface area contributed by atoms with Gasteiger partial charge >= 0.3 is 0 Å². The maximum Gasteiger partial charge on any atom is 0.233 e. The molecule has 12 heavy (non-hydrogen) atoms. The van der Waals surface area contributed by atoms with E-state index in [9.17, 15) is 0 Å². The first-order chi connectivity index (χ1) is 5.92. The highest BCUT2D eigenvalue weighted by molar-refractivity contribution is 5.87. The highest BCUT2D eigenvalue weighted by Gasteiger charge is 1.99. The molecule has 0 aliphatic rings. The Kier molecular flexibility index (Phi) is 1.71. The van der Waals surface area contributed by atoms with Crippen LogP contribution in [0, 0.1) is 7.11 Å². The third kappa shape index (κ3) is 1.03. The highest BCUT2D eigenvalue weighted by atomic mass is 16.5. The van der Waals surface area contributed by atoms with Crippen molar-refractivity contribution in [2.45, 2.75) is 0 Å². The Labute approximate surface area is 71.6 Å². The quantitative estimate of drug-likeness (QED) is 0.447. The van der Waals surface area contributed by atoms with Crippen molar-refractivity contribution in [2.24, 2.45) is 0 Å². The Balaban J connectivity index is 2.79. The van der Waals surface area contributed by atoms with Gasteiger partial charge in [-0.3, -0.25) is 0 Å². The van der Waals surface area contributed by atoms with Gasteiger partial charge in [0.15, 0.2) is 0 Å². The van der Waals surface area contributed by atoms with Gasteiger partial charge in [0.2, 0.25) is 5.75 Å². The normalized spacial score (nSPS) is 10.1. The molecule has 0 aromatic heterocycles. The molecule has 0 unspecified atom stereocenters. The van der Waals surface area contributed by atoms with Crippen molar-refractivity contribution in [1.29, 1.82) is 0 Å². The Morgan fingerprint density at radius 3 is 2.50 bits per heavy atom. The van der Waals surface area contributed by atoms with E-state index in [-0.39, 0.29) is 0 Å². The third-order valence-corrected chi connectivity index (χ3v) is 1.94. The van der Waals surface area contributed by atoms with E-state index in [2.05, 4.69) is 30.0 Å². The first-order valence-corrected chi connectivity index (χ1v) is 3.86. The zero-order valence-corrected chi connectivity index (χ0v) is 6.70. The van der Waals surface area contributed by atoms with Gasteiger partial charge in [0, 0.05) is 6.07 Å². The van der Waals surface area contributed by atoms with Crippen molar-refractivity contribution in [3.8, 4) is 5.75 Å². The SMILES string of the molecule is [CH2-][OH+]c1cccc2ccccc12. The molecule has 0 bridgehead atoms. The summed E-state index contributed by atoms with van der Waals surface area (Å²) < 4.78 is 3.95. The fourth-order valence-corrected chi connectivity index (χ4v) is 1.35. The van der Waals surface area contributed by atoms with E-state index in [0.717, 1.165) is 11.1 Å². The fraction of sp³-hybridized carbons (Fsp3) is 0. The number of aliphatic hydroxyl groups is 1. The van der Waals surface area contributed by atoms with Crippen molar-refractivity contribution in [1.82, 2.24) is 0 Å². The minimum atomic E-state index is 0.952. The summed E-state index contributed by atoms with van der Waals surface area (Å²) in [6.07, 6.45) is 0. The molecule has 0 heterocycles. The van der Waals surface area contributed by atoms with Gasteiger partial charge < -0.3 is 4.74 Å². The number of fused-ring (bicyclic) bond motifs is 1. The Morgan fingerprint density at radius 1 is 0.917 bits per heavy atom. The first kappa shape index (κ1) is 7.17. The van der Waals surface area contributed by atoms with Gasteiger partial charge in [0.05, 0.1) is 5.39 Å². The molecule has 0 atom stereocenters. The summed E-state index contributed by atoms with van der Waals surface area (Å²) in [4.78, 5) is 0. The van der Waals surface area contributed by atoms with E-state index in [1.165, 1.54) is 5.39 Å². The van der Waals surface area contributed by atoms with E-state index in [1.807, 2.05) is 24.3 Å². The van der Waals surface area contributed by atoms with Gasteiger partial charge in [-0.1, -0.05) is 30.3 Å². The molecule has 0 amide bonds. The average molecular weight is 158 g/mol. The summed E-state index contributed by atoms with van der Waals surface area (Å²) in [7, 11) is 3.53. The van der Waals surface area contributed by atoms with Gasteiger partial charge in [-0.15, -0.1) is 0 Å². The van der Waals surface area contributed by atoms with Crippen molar-refractivity contribution in [3.05, 3.63) is 49.6 Å². The van der Waals surface area contributed by atoms with Gasteiger partial charge in [-0.2, -0.15) is 0 Å². The minimum Gasteiger partial charge on any atom is -0.721 e. The van der Waals surface area contributed by atoms with Crippen LogP contribution in [-0.4, -0.2) is 4.74 Å². The van der Waals surface area contributed by atoms with Crippen LogP contribution in [-0.2, 0) is 0 Å². The molecule has 0 fully saturated rings. The smallest absolute Gasteiger partial charge is 0.233 e. The topological polar surface area (TPSA) is 12.8 Å². The number of ether oxygens (including phenoxy) is 1. The number of aromatic hydroxyl groups is 1. The molecule has 1 N–H and O–H groups in total. The maximum atomic E-state index is 3.95. The molecule has 1 nitrogen and oxygen atoms in total. The molecule has 60 valence electrons. The monoisotopic (exact) mass is 158 g/mol. The zero-order valence-electron chi connectivity index (χ0n) is 6.70. The summed E-state index contributed by atoms with van der Waals surface area (Å²) in [5, 5.41) is 2.37. The highest BCUT2D eigenvalue weighted by Crippen LogP contribution is 2.25. The standard InChI is InChI=1S/C11H10O/c1-12-11-8-4-6-9-5-2-3-7-10(9)11/h2-8,12H,1H2. The summed E-state index contributed by atoms with van der Waals surface area (Å²) in [5.74, 6) is 0.952. The molecule has 0 aliphatic carbocycles. The summed E-state index contributed by atoms with van der Waals surface area (Å²) in [6, 6.07) is 14.2. The molecule has 0 aliphatic heterocycles. The molecule has 2 rings (SSSR count). The van der Waals surface area contributed by atoms with E-state index in [0.29, 0.717) is 0 Å². The Hall–Kier alpha value is -1.50. The van der Waals surface area contributed by atoms with E-state index >= 15 is 0 Å². The maximum absolute atomic E-state index is 3.95. The van der Waals surface area contributed by atoms with Crippen LogP contribution < -0.4 is 0 Å². The first-order valence-electron chi connectivity index (χ1n) is 3.86. The second-order valence-electron chi connectivity index (χ2n) is 2.66. The number of hydrogen-bond acceptors (Lipinski definition) is 0. The zero-order chi connectivity index (χ0) is 8.39. The van der Waals surface area contributed by atoms with E-state index < -0.39 is 0 Å². The molecule has 0 radical (unpaired) electrons. The van der Waals surface area contributed by atoms with Gasteiger partial charge in [0.1, 0.15) is 0 Å². The second kappa shape index (κ2) is 2.86. The van der Waals surface area contributed by atoms with Crippen LogP contribution in [0.25, 0.3) is 10.8 Å². The van der Waals surface area contributed by atoms with Crippen LogP contribution in [0.15, 0.2) is 42.5 Å². The van der Waals surface area contributed by atoms with Crippen molar-refractivity contribution in [3.63, 3.8) is 0 Å². The molecule has 0 saturated carbocycles. The number of rotatable bonds is 1. The number of benzene rings is 2. The third-order valence-electron chi connectivity index (χ3n) is 1.94. The predicted molar refractivity (Wildman–Crippen MR) is 51.0 cm³/mol. The Morgan fingerprint density at radius 2 is 1.67 bits per heavy atom. The molecule has 2 aromatic rings. The Bertz CT molecular complexity index is 388. The molecule has 1 heteroatoms. The summed E-state index contributed by atoms with van der Waals surface area (Å²) in [6.45, 7) is 0. The average Bonchev–Trinajstić information content (AvgIpc) is 2.17. The number of hydrogen-bond donors (Lipinski definition) is 0. The van der Waals surface area contributed by atoms with Gasteiger partial charge in [-0.05, 0) is 18.6 Å². The van der Waals surface area contributed by atoms with Crippen LogP contribution in [0.4, 0.5) is 0 Å². The van der Waals surface area contributed by atoms with E-state index in [1.54, 1.807) is 0 Å². The minimum absolute atomic E-state index is 0.952. The van der Waals surface area contributed by atoms with Crippen LogP contribution in [0.2, 0.25) is 0 Å². The van der Waals surface area contributed by atoms with Crippen molar-refractivity contribution in [2.75, 3.05) is 0 Å². The lowest BCUT2D eigenvalue weighted by Crippen LogP contribution is -1.77. The predicted octanol–water partition coefficient (Wildman–Crippen LogP) is 2.87. The molecular formula is C11H10O. The van der Waals surface area contributed by atoms with Crippen LogP contribution in [0.1, 0.15) is 0 Å². The molecule has 0 spiro atoms.